The standard InChI is InChI=1S/C27H36ClN3O6S/c1-6-22(26(33)29-27(2,3)4)30(17-19-9-11-20(28)12-10-19)25(32)8-7-15-31(38(5,34)35)21-13-14-23-24(16-21)37-18-36-23/h9-14,16,22H,6-8,15,17-18H2,1-5H3,(H,29,33)/t22-/m1/s1. The van der Waals surface area contributed by atoms with Crippen molar-refractivity contribution >= 4 is 39.1 Å². The molecule has 208 valence electrons. The van der Waals surface area contributed by atoms with Crippen molar-refractivity contribution in [1.29, 1.82) is 0 Å². The number of hydrogen-bond donors (Lipinski definition) is 1. The van der Waals surface area contributed by atoms with Gasteiger partial charge in [0.1, 0.15) is 6.04 Å². The zero-order valence-electron chi connectivity index (χ0n) is 22.5. The topological polar surface area (TPSA) is 105 Å². The highest BCUT2D eigenvalue weighted by Gasteiger charge is 2.31. The van der Waals surface area contributed by atoms with Crippen LogP contribution >= 0.6 is 11.6 Å². The van der Waals surface area contributed by atoms with Crippen LogP contribution in [-0.2, 0) is 26.2 Å². The lowest BCUT2D eigenvalue weighted by Crippen LogP contribution is -2.53. The van der Waals surface area contributed by atoms with E-state index in [1.807, 2.05) is 39.8 Å². The van der Waals surface area contributed by atoms with Crippen LogP contribution in [0.2, 0.25) is 5.02 Å². The number of halogens is 1. The first-order chi connectivity index (χ1) is 17.8. The Kier molecular flexibility index (Phi) is 9.54. The second-order valence-electron chi connectivity index (χ2n) is 10.3. The number of amides is 2. The lowest BCUT2D eigenvalue weighted by Gasteiger charge is -2.33. The Hall–Kier alpha value is -2.98. The molecule has 0 unspecified atom stereocenters. The van der Waals surface area contributed by atoms with Crippen molar-refractivity contribution in [2.75, 3.05) is 23.9 Å². The first kappa shape index (κ1) is 29.6. The Morgan fingerprint density at radius 3 is 2.34 bits per heavy atom. The average Bonchev–Trinajstić information content (AvgIpc) is 3.29. The molecule has 0 radical (unpaired) electrons. The van der Waals surface area contributed by atoms with E-state index in [0.29, 0.717) is 28.6 Å². The van der Waals surface area contributed by atoms with Gasteiger partial charge in [0.2, 0.25) is 28.6 Å². The third-order valence-corrected chi connectivity index (χ3v) is 7.39. The zero-order chi connectivity index (χ0) is 28.1. The molecule has 1 aliphatic rings. The van der Waals surface area contributed by atoms with Crippen molar-refractivity contribution in [1.82, 2.24) is 10.2 Å². The van der Waals surface area contributed by atoms with Crippen LogP contribution in [0.4, 0.5) is 5.69 Å². The molecule has 3 rings (SSSR count). The minimum absolute atomic E-state index is 0.0590. The molecule has 0 spiro atoms. The molecular formula is C27H36ClN3O6S. The van der Waals surface area contributed by atoms with E-state index in [2.05, 4.69) is 5.32 Å². The molecule has 0 bridgehead atoms. The molecule has 38 heavy (non-hydrogen) atoms. The Balaban J connectivity index is 1.77. The van der Waals surface area contributed by atoms with Crippen molar-refractivity contribution in [2.45, 2.75) is 65.1 Å². The highest BCUT2D eigenvalue weighted by Crippen LogP contribution is 2.36. The van der Waals surface area contributed by atoms with Crippen LogP contribution in [0.25, 0.3) is 0 Å². The summed E-state index contributed by atoms with van der Waals surface area (Å²) in [5, 5.41) is 3.55. The number of nitrogens with one attached hydrogen (secondary N) is 1. The number of rotatable bonds is 11. The van der Waals surface area contributed by atoms with Crippen LogP contribution in [-0.4, -0.2) is 56.3 Å². The Bertz CT molecular complexity index is 1240. The summed E-state index contributed by atoms with van der Waals surface area (Å²) in [4.78, 5) is 28.2. The van der Waals surface area contributed by atoms with Gasteiger partial charge in [-0.25, -0.2) is 8.42 Å². The number of hydrogen-bond acceptors (Lipinski definition) is 6. The van der Waals surface area contributed by atoms with Gasteiger partial charge in [-0.1, -0.05) is 30.7 Å². The van der Waals surface area contributed by atoms with Crippen molar-refractivity contribution in [3.8, 4) is 11.5 Å². The second-order valence-corrected chi connectivity index (χ2v) is 12.6. The molecule has 2 aromatic carbocycles. The smallest absolute Gasteiger partial charge is 0.243 e. The maximum atomic E-state index is 13.5. The summed E-state index contributed by atoms with van der Waals surface area (Å²) in [6.45, 7) is 7.92. The normalized spacial score (nSPS) is 13.6. The highest BCUT2D eigenvalue weighted by molar-refractivity contribution is 7.92. The summed E-state index contributed by atoms with van der Waals surface area (Å²) in [7, 11) is -3.63. The van der Waals surface area contributed by atoms with E-state index >= 15 is 0 Å². The monoisotopic (exact) mass is 565 g/mol. The molecular weight excluding hydrogens is 530 g/mol. The van der Waals surface area contributed by atoms with Gasteiger partial charge in [-0.05, 0) is 63.4 Å². The molecule has 2 amide bonds. The van der Waals surface area contributed by atoms with Gasteiger partial charge in [0.05, 0.1) is 11.9 Å². The predicted octanol–water partition coefficient (Wildman–Crippen LogP) is 4.34. The highest BCUT2D eigenvalue weighted by atomic mass is 35.5. The van der Waals surface area contributed by atoms with E-state index in [9.17, 15) is 18.0 Å². The van der Waals surface area contributed by atoms with Gasteiger partial charge in [-0.3, -0.25) is 13.9 Å². The molecule has 1 aliphatic heterocycles. The fourth-order valence-corrected chi connectivity index (χ4v) is 5.29. The number of carbonyl (C=O) groups is 2. The number of ether oxygens (including phenoxy) is 2. The van der Waals surface area contributed by atoms with E-state index < -0.39 is 21.6 Å². The summed E-state index contributed by atoms with van der Waals surface area (Å²) in [6, 6.07) is 11.4. The minimum atomic E-state index is -3.63. The van der Waals surface area contributed by atoms with Crippen molar-refractivity contribution < 1.29 is 27.5 Å². The molecule has 11 heteroatoms. The fraction of sp³-hybridized carbons (Fsp3) is 0.481. The Labute approximate surface area is 230 Å². The van der Waals surface area contributed by atoms with E-state index in [0.717, 1.165) is 11.8 Å². The quantitative estimate of drug-likeness (QED) is 0.434. The molecule has 0 fully saturated rings. The fourth-order valence-electron chi connectivity index (χ4n) is 4.20. The number of anilines is 1. The lowest BCUT2D eigenvalue weighted by molar-refractivity contribution is -0.142. The van der Waals surface area contributed by atoms with Crippen molar-refractivity contribution in [3.05, 3.63) is 53.1 Å². The van der Waals surface area contributed by atoms with E-state index in [1.165, 1.54) is 4.31 Å². The summed E-state index contributed by atoms with van der Waals surface area (Å²) in [5.74, 6) is 0.543. The molecule has 9 nitrogen and oxygen atoms in total. The third-order valence-electron chi connectivity index (χ3n) is 5.95. The molecule has 0 saturated heterocycles. The summed E-state index contributed by atoms with van der Waals surface area (Å²) in [6.07, 6.45) is 1.86. The van der Waals surface area contributed by atoms with Gasteiger partial charge in [-0.15, -0.1) is 0 Å². The van der Waals surface area contributed by atoms with Crippen LogP contribution in [0.1, 0.15) is 52.5 Å². The molecule has 1 N–H and O–H groups in total. The second kappa shape index (κ2) is 12.3. The summed E-state index contributed by atoms with van der Waals surface area (Å²) >= 11 is 6.03. The largest absolute Gasteiger partial charge is 0.454 e. The maximum Gasteiger partial charge on any atom is 0.243 e. The molecule has 0 aromatic heterocycles. The van der Waals surface area contributed by atoms with E-state index in [4.69, 9.17) is 21.1 Å². The number of carbonyl (C=O) groups excluding carboxylic acids is 2. The van der Waals surface area contributed by atoms with Crippen molar-refractivity contribution in [3.63, 3.8) is 0 Å². The third kappa shape index (κ3) is 8.01. The first-order valence-corrected chi connectivity index (χ1v) is 14.7. The number of nitrogens with zero attached hydrogens (tertiary/aromatic N) is 2. The van der Waals surface area contributed by atoms with Crippen LogP contribution in [0.15, 0.2) is 42.5 Å². The predicted molar refractivity (Wildman–Crippen MR) is 148 cm³/mol. The van der Waals surface area contributed by atoms with Gasteiger partial charge in [-0.2, -0.15) is 0 Å². The zero-order valence-corrected chi connectivity index (χ0v) is 24.1. The van der Waals surface area contributed by atoms with Gasteiger partial charge in [0.25, 0.3) is 0 Å². The van der Waals surface area contributed by atoms with Gasteiger partial charge >= 0.3 is 0 Å². The molecule has 1 atom stereocenters. The van der Waals surface area contributed by atoms with Gasteiger partial charge < -0.3 is 19.7 Å². The van der Waals surface area contributed by atoms with E-state index in [1.54, 1.807) is 35.2 Å². The average molecular weight is 566 g/mol. The van der Waals surface area contributed by atoms with Gasteiger partial charge in [0, 0.05) is 36.1 Å². The lowest BCUT2D eigenvalue weighted by atomic mass is 10.0. The van der Waals surface area contributed by atoms with Crippen LogP contribution in [0.3, 0.4) is 0 Å². The van der Waals surface area contributed by atoms with Crippen LogP contribution < -0.4 is 19.1 Å². The van der Waals surface area contributed by atoms with Gasteiger partial charge in [0.15, 0.2) is 11.5 Å². The first-order valence-electron chi connectivity index (χ1n) is 12.5. The van der Waals surface area contributed by atoms with E-state index in [-0.39, 0.29) is 44.5 Å². The Morgan fingerprint density at radius 2 is 1.74 bits per heavy atom. The molecule has 2 aromatic rings. The Morgan fingerprint density at radius 1 is 1.08 bits per heavy atom. The van der Waals surface area contributed by atoms with Crippen LogP contribution in [0.5, 0.6) is 11.5 Å². The minimum Gasteiger partial charge on any atom is -0.454 e. The number of sulfonamides is 1. The SMILES string of the molecule is CC[C@H](C(=O)NC(C)(C)C)N(Cc1ccc(Cl)cc1)C(=O)CCCN(c1ccc2c(c1)OCO2)S(C)(=O)=O. The molecule has 0 saturated carbocycles. The van der Waals surface area contributed by atoms with Crippen molar-refractivity contribution in [2.24, 2.45) is 0 Å². The molecule has 0 aliphatic carbocycles. The number of fused-ring (bicyclic) bond motifs is 1. The van der Waals surface area contributed by atoms with Crippen LogP contribution in [0, 0.1) is 0 Å². The number of benzene rings is 2. The summed E-state index contributed by atoms with van der Waals surface area (Å²) in [5.41, 5.74) is 0.807. The molecule has 1 heterocycles. The maximum absolute atomic E-state index is 13.5. The summed E-state index contributed by atoms with van der Waals surface area (Å²) < 4.78 is 37.1.